The van der Waals surface area contributed by atoms with Gasteiger partial charge in [-0.15, -0.1) is 0 Å². The van der Waals surface area contributed by atoms with Crippen molar-refractivity contribution >= 4 is 23.6 Å². The number of ether oxygens (including phenoxy) is 5. The lowest BCUT2D eigenvalue weighted by Gasteiger charge is -2.35. The van der Waals surface area contributed by atoms with Crippen molar-refractivity contribution in [2.75, 3.05) is 21.3 Å². The van der Waals surface area contributed by atoms with Gasteiger partial charge >= 0.3 is 6.09 Å². The SMILES string of the molecule is COC1=C2C[C@@H](C)C[C@H](OC)[C@H](O)[C@@H](C)/C=C(\C)[C@H](OC(N)=O)[C@@H](OC)/C=C\C=C(/C)C3=NC(=C(C1=O)C(NC(C)(C)C)O3)C2=O. The number of ketones is 2. The molecule has 0 saturated heterocycles. The van der Waals surface area contributed by atoms with E-state index in [2.05, 4.69) is 10.3 Å². The molecule has 4 N–H and O–H groups in total. The minimum absolute atomic E-state index is 0.00731. The fourth-order valence-corrected chi connectivity index (χ4v) is 5.84. The summed E-state index contributed by atoms with van der Waals surface area (Å²) < 4.78 is 28.6. The van der Waals surface area contributed by atoms with E-state index in [1.54, 1.807) is 38.2 Å². The minimum atomic E-state index is -0.980. The van der Waals surface area contributed by atoms with E-state index in [0.29, 0.717) is 17.6 Å². The van der Waals surface area contributed by atoms with Crippen molar-refractivity contribution in [3.8, 4) is 0 Å². The molecule has 3 aliphatic rings. The van der Waals surface area contributed by atoms with Crippen molar-refractivity contribution < 1.29 is 43.2 Å². The number of nitrogens with zero attached hydrogens (tertiary/aromatic N) is 1. The van der Waals surface area contributed by atoms with Gasteiger partial charge in [-0.25, -0.2) is 9.79 Å². The van der Waals surface area contributed by atoms with Gasteiger partial charge in [-0.2, -0.15) is 0 Å². The van der Waals surface area contributed by atoms with Crippen molar-refractivity contribution in [2.24, 2.45) is 22.6 Å². The molecule has 46 heavy (non-hydrogen) atoms. The number of aliphatic hydroxyl groups is 1. The zero-order valence-electron chi connectivity index (χ0n) is 28.5. The molecular formula is C34H49N3O9. The summed E-state index contributed by atoms with van der Waals surface area (Å²) >= 11 is 0. The zero-order chi connectivity index (χ0) is 34.5. The van der Waals surface area contributed by atoms with Gasteiger partial charge in [-0.05, 0) is 59.0 Å². The molecule has 0 radical (unpaired) electrons. The molecule has 0 aromatic carbocycles. The Bertz CT molecular complexity index is 1380. The fraction of sp³-hybridized carbons (Fsp3) is 0.588. The fourth-order valence-electron chi connectivity index (χ4n) is 5.84. The summed E-state index contributed by atoms with van der Waals surface area (Å²) in [5.74, 6) is -1.43. The second kappa shape index (κ2) is 15.3. The van der Waals surface area contributed by atoms with E-state index in [1.165, 1.54) is 21.3 Å². The molecule has 2 aliphatic heterocycles. The van der Waals surface area contributed by atoms with Crippen LogP contribution in [-0.2, 0) is 33.3 Å². The van der Waals surface area contributed by atoms with Crippen LogP contribution in [0.5, 0.6) is 0 Å². The Balaban J connectivity index is 2.23. The second-order valence-electron chi connectivity index (χ2n) is 13.1. The number of hydrogen-bond donors (Lipinski definition) is 3. The summed E-state index contributed by atoms with van der Waals surface area (Å²) in [6, 6.07) is 0. The number of amides is 1. The van der Waals surface area contributed by atoms with Gasteiger partial charge in [0, 0.05) is 36.8 Å². The third kappa shape index (κ3) is 8.61. The number of primary amides is 1. The van der Waals surface area contributed by atoms with Crippen LogP contribution >= 0.6 is 0 Å². The molecule has 1 aliphatic carbocycles. The summed E-state index contributed by atoms with van der Waals surface area (Å²) in [5, 5.41) is 14.6. The van der Waals surface area contributed by atoms with Crippen LogP contribution in [0.25, 0.3) is 0 Å². The second-order valence-corrected chi connectivity index (χ2v) is 13.1. The monoisotopic (exact) mass is 643 g/mol. The maximum atomic E-state index is 14.1. The quantitative estimate of drug-likeness (QED) is 0.296. The van der Waals surface area contributed by atoms with Gasteiger partial charge in [0.25, 0.3) is 0 Å². The van der Waals surface area contributed by atoms with E-state index in [1.807, 2.05) is 34.6 Å². The lowest BCUT2D eigenvalue weighted by molar-refractivity contribution is -0.120. The van der Waals surface area contributed by atoms with Gasteiger partial charge in [0.15, 0.2) is 18.1 Å². The number of rotatable bonds is 5. The van der Waals surface area contributed by atoms with Crippen LogP contribution in [0.1, 0.15) is 61.3 Å². The maximum Gasteiger partial charge on any atom is 0.405 e. The molecule has 0 fully saturated rings. The molecule has 0 spiro atoms. The normalized spacial score (nSPS) is 33.0. The number of nitrogens with one attached hydrogen (secondary N) is 1. The summed E-state index contributed by atoms with van der Waals surface area (Å²) in [5.41, 5.74) is 6.38. The third-order valence-corrected chi connectivity index (χ3v) is 8.12. The summed E-state index contributed by atoms with van der Waals surface area (Å²) in [4.78, 5) is 44.5. The van der Waals surface area contributed by atoms with Gasteiger partial charge in [0.1, 0.15) is 11.8 Å². The van der Waals surface area contributed by atoms with Crippen LogP contribution in [-0.4, -0.2) is 86.2 Å². The molecule has 254 valence electrons. The average molecular weight is 644 g/mol. The van der Waals surface area contributed by atoms with Crippen molar-refractivity contribution in [3.05, 3.63) is 58.1 Å². The van der Waals surface area contributed by atoms with E-state index >= 15 is 0 Å². The maximum absolute atomic E-state index is 14.1. The number of carbonyl (C=O) groups is 3. The third-order valence-electron chi connectivity index (χ3n) is 8.12. The van der Waals surface area contributed by atoms with Crippen LogP contribution < -0.4 is 11.1 Å². The zero-order valence-corrected chi connectivity index (χ0v) is 28.5. The van der Waals surface area contributed by atoms with Gasteiger partial charge in [0.05, 0.1) is 24.9 Å². The lowest BCUT2D eigenvalue weighted by Crippen LogP contribution is -2.51. The molecule has 0 saturated carbocycles. The highest BCUT2D eigenvalue weighted by molar-refractivity contribution is 6.26. The Hall–Kier alpha value is -3.58. The van der Waals surface area contributed by atoms with Crippen LogP contribution in [0.3, 0.4) is 0 Å². The molecule has 3 rings (SSSR count). The summed E-state index contributed by atoms with van der Waals surface area (Å²) in [6.45, 7) is 13.0. The first kappa shape index (κ1) is 36.9. The predicted molar refractivity (Wildman–Crippen MR) is 173 cm³/mol. The number of aliphatic hydroxyl groups excluding tert-OH is 1. The summed E-state index contributed by atoms with van der Waals surface area (Å²) in [7, 11) is 4.34. The van der Waals surface area contributed by atoms with Gasteiger partial charge in [-0.3, -0.25) is 14.9 Å². The van der Waals surface area contributed by atoms with E-state index in [0.717, 1.165) is 0 Å². The lowest BCUT2D eigenvalue weighted by atomic mass is 9.83. The van der Waals surface area contributed by atoms with E-state index in [9.17, 15) is 19.5 Å². The number of methoxy groups -OCH3 is 3. The Labute approximate surface area is 271 Å². The van der Waals surface area contributed by atoms with Crippen LogP contribution in [0.4, 0.5) is 4.79 Å². The van der Waals surface area contributed by atoms with E-state index in [-0.39, 0.29) is 40.8 Å². The molecule has 7 atom stereocenters. The van der Waals surface area contributed by atoms with Crippen molar-refractivity contribution in [1.29, 1.82) is 0 Å². The van der Waals surface area contributed by atoms with Crippen molar-refractivity contribution in [3.63, 3.8) is 0 Å². The largest absolute Gasteiger partial charge is 0.492 e. The van der Waals surface area contributed by atoms with Gasteiger partial charge in [0.2, 0.25) is 17.5 Å². The molecule has 0 aromatic rings. The highest BCUT2D eigenvalue weighted by Gasteiger charge is 2.44. The number of fused-ring (bicyclic) bond motifs is 1. The molecule has 0 aromatic heterocycles. The number of carbonyl (C=O) groups excluding carboxylic acids is 3. The van der Waals surface area contributed by atoms with Crippen LogP contribution in [0, 0.1) is 11.8 Å². The average Bonchev–Trinajstić information content (AvgIpc) is 2.97. The molecule has 3 bridgehead atoms. The Morgan fingerprint density at radius 3 is 2.35 bits per heavy atom. The summed E-state index contributed by atoms with van der Waals surface area (Å²) in [6.07, 6.45) is 2.26. The molecule has 1 unspecified atom stereocenters. The smallest absolute Gasteiger partial charge is 0.405 e. The minimum Gasteiger partial charge on any atom is -0.492 e. The number of hydrogen-bond acceptors (Lipinski definition) is 11. The molecule has 2 heterocycles. The first-order chi connectivity index (χ1) is 21.5. The molecule has 12 heteroatoms. The first-order valence-electron chi connectivity index (χ1n) is 15.4. The molecular weight excluding hydrogens is 594 g/mol. The Morgan fingerprint density at radius 2 is 1.78 bits per heavy atom. The number of nitrogens with two attached hydrogens (primary N) is 1. The van der Waals surface area contributed by atoms with E-state index in [4.69, 9.17) is 29.4 Å². The number of allylic oxidation sites excluding steroid dienone is 4. The predicted octanol–water partition coefficient (Wildman–Crippen LogP) is 3.81. The highest BCUT2D eigenvalue weighted by atomic mass is 16.6. The molecule has 1 amide bonds. The number of aliphatic imine (C=N–C) groups is 1. The standard InChI is InChI=1S/C34H49N3O9/c1-17-14-21-27(39)25-24(28(40)30(21)44-10)32(37-34(5,6)7)46-31(36-25)18(2)12-11-13-22(42-8)29(45-33(35)41)20(4)16-19(3)26(38)23(15-17)43-9/h11-13,16-17,19,22-23,26,29,32,37-38H,14-15H2,1-10H3,(H2,35,41)/b13-11-,18-12+,20-16+/t17-,19+,22+,23+,26-,29+,32?/m1/s1. The Kier molecular flexibility index (Phi) is 12.3. The number of Topliss-reactive ketones (excluding diaryl/α,β-unsaturated/α-hetero) is 2. The molecule has 12 nitrogen and oxygen atoms in total. The van der Waals surface area contributed by atoms with Crippen molar-refractivity contribution in [2.45, 2.75) is 97.5 Å². The topological polar surface area (TPSA) is 168 Å². The first-order valence-corrected chi connectivity index (χ1v) is 15.4. The highest BCUT2D eigenvalue weighted by Crippen LogP contribution is 2.36. The van der Waals surface area contributed by atoms with Gasteiger partial charge < -0.3 is 34.5 Å². The van der Waals surface area contributed by atoms with Crippen LogP contribution in [0.15, 0.2) is 63.0 Å². The van der Waals surface area contributed by atoms with E-state index < -0.39 is 59.8 Å². The Morgan fingerprint density at radius 1 is 1.11 bits per heavy atom. The van der Waals surface area contributed by atoms with Gasteiger partial charge in [-0.1, -0.05) is 38.2 Å². The van der Waals surface area contributed by atoms with Crippen molar-refractivity contribution in [1.82, 2.24) is 5.32 Å². The van der Waals surface area contributed by atoms with Crippen LogP contribution in [0.2, 0.25) is 0 Å².